The van der Waals surface area contributed by atoms with Crippen LogP contribution in [0.5, 0.6) is 0 Å². The van der Waals surface area contributed by atoms with E-state index < -0.39 is 0 Å². The Hall–Kier alpha value is -1.53. The predicted molar refractivity (Wildman–Crippen MR) is 70.5 cm³/mol. The molecule has 0 amide bonds. The molecule has 0 fully saturated rings. The monoisotopic (exact) mass is 431 g/mol. The van der Waals surface area contributed by atoms with Crippen molar-refractivity contribution in [1.82, 2.24) is 0 Å². The van der Waals surface area contributed by atoms with E-state index >= 15 is 0 Å². The fraction of sp³-hybridized carbons (Fsp3) is 0.125. The summed E-state index contributed by atoms with van der Waals surface area (Å²) in [5, 5.41) is 0. The van der Waals surface area contributed by atoms with E-state index in [1.54, 1.807) is 0 Å². The van der Waals surface area contributed by atoms with E-state index in [1.807, 2.05) is 12.1 Å². The molecule has 0 unspecified atom stereocenters. The Morgan fingerprint density at radius 2 is 1.16 bits per heavy atom. The van der Waals surface area contributed by atoms with Crippen LogP contribution in [0.1, 0.15) is 11.1 Å². The van der Waals surface area contributed by atoms with E-state index in [2.05, 4.69) is 50.0 Å². The molecule has 1 aliphatic rings. The third-order valence-electron chi connectivity index (χ3n) is 2.80. The fourth-order valence-electron chi connectivity index (χ4n) is 2.09. The molecule has 0 bridgehead atoms. The molecule has 0 aromatic heterocycles. The molecule has 0 heterocycles. The Morgan fingerprint density at radius 3 is 1.53 bits per heavy atom. The predicted octanol–water partition coefficient (Wildman–Crippen LogP) is 2.50. The molecule has 0 saturated carbocycles. The zero-order valence-corrected chi connectivity index (χ0v) is 12.4. The Kier molecular flexibility index (Phi) is 8.65. The van der Waals surface area contributed by atoms with Crippen molar-refractivity contribution in [2.75, 3.05) is 0 Å². The summed E-state index contributed by atoms with van der Waals surface area (Å²) in [6, 6.07) is 19.1. The SMILES string of the molecule is [CH-]=O.[CH-]=O.[Pt+4].[c-]1cccc2c1-c1[c-]cccc1CC2. The molecular weight excluding hydrogens is 419 g/mol. The van der Waals surface area contributed by atoms with Crippen LogP contribution < -0.4 is 0 Å². The van der Waals surface area contributed by atoms with Gasteiger partial charge in [0.1, 0.15) is 0 Å². The van der Waals surface area contributed by atoms with Crippen LogP contribution in [0.2, 0.25) is 0 Å². The van der Waals surface area contributed by atoms with Crippen LogP contribution in [0, 0.1) is 12.1 Å². The zero-order valence-electron chi connectivity index (χ0n) is 10.2. The van der Waals surface area contributed by atoms with Crippen molar-refractivity contribution in [2.45, 2.75) is 12.8 Å². The van der Waals surface area contributed by atoms with Gasteiger partial charge in [0.15, 0.2) is 0 Å². The van der Waals surface area contributed by atoms with Gasteiger partial charge in [-0.25, -0.2) is 11.1 Å². The van der Waals surface area contributed by atoms with E-state index in [0.717, 1.165) is 12.8 Å². The van der Waals surface area contributed by atoms with E-state index in [1.165, 1.54) is 22.3 Å². The van der Waals surface area contributed by atoms with Crippen molar-refractivity contribution in [3.05, 3.63) is 59.7 Å². The van der Waals surface area contributed by atoms with Gasteiger partial charge in [0.2, 0.25) is 0 Å². The standard InChI is InChI=1S/C14H10.2CHO.Pt/c1-3-7-13-11(5-1)9-10-12-6-2-4-8-14(12)13;2*1-2;/h1-6H,9-10H2;2*1H;/q-2;2*-1;+4. The van der Waals surface area contributed by atoms with Crippen molar-refractivity contribution < 1.29 is 30.7 Å². The molecule has 2 aromatic rings. The average molecular weight is 431 g/mol. The Bertz CT molecular complexity index is 464. The number of rotatable bonds is 0. The second-order valence-electron chi connectivity index (χ2n) is 3.64. The summed E-state index contributed by atoms with van der Waals surface area (Å²) in [7, 11) is 0. The van der Waals surface area contributed by atoms with E-state index in [0.29, 0.717) is 0 Å². The van der Waals surface area contributed by atoms with E-state index in [9.17, 15) is 0 Å². The van der Waals surface area contributed by atoms with Crippen molar-refractivity contribution >= 4 is 13.6 Å². The van der Waals surface area contributed by atoms with Gasteiger partial charge in [-0.3, -0.25) is 13.6 Å². The Labute approximate surface area is 128 Å². The molecule has 0 N–H and O–H groups in total. The number of benzene rings is 2. The van der Waals surface area contributed by atoms with Gasteiger partial charge in [-0.05, 0) is 0 Å². The number of carbonyl (C=O) groups excluding carboxylic acids is 2. The summed E-state index contributed by atoms with van der Waals surface area (Å²) in [6.07, 6.45) is 2.27. The van der Waals surface area contributed by atoms with Crippen LogP contribution in [0.15, 0.2) is 36.4 Å². The molecule has 0 saturated heterocycles. The minimum atomic E-state index is 0. The first-order valence-electron chi connectivity index (χ1n) is 5.42. The van der Waals surface area contributed by atoms with Crippen molar-refractivity contribution in [2.24, 2.45) is 0 Å². The van der Waals surface area contributed by atoms with Gasteiger partial charge < -0.3 is 9.59 Å². The molecule has 3 heteroatoms. The molecule has 0 radical (unpaired) electrons. The topological polar surface area (TPSA) is 34.1 Å². The molecule has 0 atom stereocenters. The molecule has 2 aromatic carbocycles. The minimum absolute atomic E-state index is 0. The second-order valence-corrected chi connectivity index (χ2v) is 3.64. The molecule has 1 aliphatic carbocycles. The van der Waals surface area contributed by atoms with Gasteiger partial charge >= 0.3 is 21.1 Å². The van der Waals surface area contributed by atoms with E-state index in [-0.39, 0.29) is 21.1 Å². The van der Waals surface area contributed by atoms with Crippen LogP contribution >= 0.6 is 0 Å². The fourth-order valence-corrected chi connectivity index (χ4v) is 2.09. The van der Waals surface area contributed by atoms with Gasteiger partial charge in [-0.15, -0.1) is 12.1 Å². The smallest absolute Gasteiger partial charge is 0.545 e. The average Bonchev–Trinajstić information content (AvgIpc) is 2.51. The largest absolute Gasteiger partial charge is 4.00 e. The maximum absolute atomic E-state index is 7.75. The number of fused-ring (bicyclic) bond motifs is 3. The van der Waals surface area contributed by atoms with Crippen LogP contribution in [-0.4, -0.2) is 13.6 Å². The quantitative estimate of drug-likeness (QED) is 0.475. The molecule has 0 spiro atoms. The van der Waals surface area contributed by atoms with Gasteiger partial charge in [0.25, 0.3) is 0 Å². The summed E-state index contributed by atoms with van der Waals surface area (Å²) in [4.78, 5) is 15.5. The molecule has 19 heavy (non-hydrogen) atoms. The summed E-state index contributed by atoms with van der Waals surface area (Å²) in [6.45, 7) is 6.50. The van der Waals surface area contributed by atoms with Gasteiger partial charge in [-0.2, -0.15) is 47.5 Å². The number of hydrogen-bond donors (Lipinski definition) is 0. The van der Waals surface area contributed by atoms with Gasteiger partial charge in [-0.1, -0.05) is 12.8 Å². The van der Waals surface area contributed by atoms with Gasteiger partial charge in [0, 0.05) is 0 Å². The maximum Gasteiger partial charge on any atom is 4.00 e. The third kappa shape index (κ3) is 3.97. The summed E-state index contributed by atoms with van der Waals surface area (Å²) in [5.41, 5.74) is 5.30. The molecular formula is C16H12O2Pt. The third-order valence-corrected chi connectivity index (χ3v) is 2.80. The normalized spacial score (nSPS) is 10.1. The molecule has 2 nitrogen and oxygen atoms in total. The van der Waals surface area contributed by atoms with Crippen molar-refractivity contribution in [1.29, 1.82) is 0 Å². The van der Waals surface area contributed by atoms with Crippen molar-refractivity contribution in [3.63, 3.8) is 0 Å². The zero-order chi connectivity index (χ0) is 13.4. The van der Waals surface area contributed by atoms with E-state index in [4.69, 9.17) is 9.59 Å². The Balaban J connectivity index is 0.000000597. The van der Waals surface area contributed by atoms with Gasteiger partial charge in [0.05, 0.1) is 0 Å². The molecule has 98 valence electrons. The van der Waals surface area contributed by atoms with Crippen LogP contribution in [0.4, 0.5) is 0 Å². The summed E-state index contributed by atoms with van der Waals surface area (Å²) >= 11 is 0. The van der Waals surface area contributed by atoms with Crippen LogP contribution in [0.3, 0.4) is 0 Å². The first-order valence-corrected chi connectivity index (χ1v) is 5.42. The van der Waals surface area contributed by atoms with Crippen molar-refractivity contribution in [3.8, 4) is 11.1 Å². The van der Waals surface area contributed by atoms with Crippen LogP contribution in [0.25, 0.3) is 11.1 Å². The number of aryl methyl sites for hydroxylation is 2. The minimum Gasteiger partial charge on any atom is -0.545 e. The first kappa shape index (κ1) is 17.5. The number of hydrogen-bond acceptors (Lipinski definition) is 2. The molecule has 3 rings (SSSR count). The first-order chi connectivity index (χ1) is 8.95. The summed E-state index contributed by atoms with van der Waals surface area (Å²) < 4.78 is 0. The Morgan fingerprint density at radius 1 is 0.789 bits per heavy atom. The maximum atomic E-state index is 7.75. The second kappa shape index (κ2) is 9.41. The molecule has 0 aliphatic heterocycles. The summed E-state index contributed by atoms with van der Waals surface area (Å²) in [5.74, 6) is 0. The van der Waals surface area contributed by atoms with Crippen LogP contribution in [-0.2, 0) is 43.5 Å².